The van der Waals surface area contributed by atoms with Gasteiger partial charge in [0.25, 0.3) is 0 Å². The molecule has 2 bridgehead atoms. The van der Waals surface area contributed by atoms with Crippen molar-refractivity contribution in [3.63, 3.8) is 0 Å². The third kappa shape index (κ3) is 2.53. The molecular weight excluding hydrogens is 278 g/mol. The van der Waals surface area contributed by atoms with Crippen molar-refractivity contribution in [2.75, 3.05) is 0 Å². The van der Waals surface area contributed by atoms with Crippen molar-refractivity contribution in [3.8, 4) is 0 Å². The zero-order valence-corrected chi connectivity index (χ0v) is 13.7. The Balaban J connectivity index is 1.51. The van der Waals surface area contributed by atoms with Crippen molar-refractivity contribution in [1.29, 1.82) is 0 Å². The number of benzene rings is 2. The number of fused-ring (bicyclic) bond motifs is 3. The molecule has 3 aliphatic rings. The molecule has 0 spiro atoms. The lowest BCUT2D eigenvalue weighted by molar-refractivity contribution is 0.127. The molecule has 0 atom stereocenters. The summed E-state index contributed by atoms with van der Waals surface area (Å²) in [5, 5.41) is 3.88. The minimum Gasteiger partial charge on any atom is -0.307 e. The summed E-state index contributed by atoms with van der Waals surface area (Å²) in [4.78, 5) is 0. The van der Waals surface area contributed by atoms with E-state index in [2.05, 4.69) is 72.6 Å². The quantitative estimate of drug-likeness (QED) is 0.785. The monoisotopic (exact) mass is 303 g/mol. The minimum absolute atomic E-state index is 0.234. The van der Waals surface area contributed by atoms with E-state index < -0.39 is 0 Å². The second-order valence-electron chi connectivity index (χ2n) is 7.35. The smallest absolute Gasteiger partial charge is 0.0222 e. The van der Waals surface area contributed by atoms with Crippen molar-refractivity contribution in [2.24, 2.45) is 0 Å². The lowest BCUT2D eigenvalue weighted by Gasteiger charge is -2.55. The largest absolute Gasteiger partial charge is 0.307 e. The Bertz CT molecular complexity index is 678. The molecule has 23 heavy (non-hydrogen) atoms. The minimum atomic E-state index is 0.234. The van der Waals surface area contributed by atoms with Gasteiger partial charge in [0, 0.05) is 17.5 Å². The highest BCUT2D eigenvalue weighted by atomic mass is 15.0. The molecule has 1 nitrogen and oxygen atoms in total. The van der Waals surface area contributed by atoms with E-state index in [0.29, 0.717) is 0 Å². The molecule has 5 rings (SSSR count). The molecule has 0 radical (unpaired) electrons. The summed E-state index contributed by atoms with van der Waals surface area (Å²) in [6.07, 6.45) is 6.10. The van der Waals surface area contributed by atoms with Gasteiger partial charge in [-0.25, -0.2) is 0 Å². The fraction of sp³-hybridized carbons (Fsp3) is 0.364. The van der Waals surface area contributed by atoms with Crippen molar-refractivity contribution >= 4 is 0 Å². The SMILES string of the molecule is C=C1CC2(NCc3ccccc3)CCC1(c1ccccc1)CC2. The van der Waals surface area contributed by atoms with Gasteiger partial charge >= 0.3 is 0 Å². The first-order valence-corrected chi connectivity index (χ1v) is 8.75. The molecular formula is C22H25N. The first kappa shape index (κ1) is 14.7. The lowest BCUT2D eigenvalue weighted by Crippen LogP contribution is -2.56. The number of nitrogens with one attached hydrogen (secondary N) is 1. The van der Waals surface area contributed by atoms with E-state index in [0.717, 1.165) is 13.0 Å². The standard InChI is InChI=1S/C22H25N/c1-18-16-21(23-17-19-8-4-2-5-9-19)12-14-22(18,15-13-21)20-10-6-3-7-11-20/h2-11,23H,1,12-17H2. The Morgan fingerprint density at radius 3 is 2.04 bits per heavy atom. The van der Waals surface area contributed by atoms with E-state index in [9.17, 15) is 0 Å². The molecule has 3 aliphatic carbocycles. The fourth-order valence-corrected chi connectivity index (χ4v) is 4.64. The van der Waals surface area contributed by atoms with Gasteiger partial charge in [-0.05, 0) is 43.2 Å². The van der Waals surface area contributed by atoms with Gasteiger partial charge in [-0.15, -0.1) is 0 Å². The average molecular weight is 303 g/mol. The van der Waals surface area contributed by atoms with Gasteiger partial charge in [-0.1, -0.05) is 72.8 Å². The topological polar surface area (TPSA) is 12.0 Å². The normalized spacial score (nSPS) is 29.7. The molecule has 2 aromatic carbocycles. The van der Waals surface area contributed by atoms with Crippen molar-refractivity contribution in [2.45, 2.75) is 49.6 Å². The summed E-state index contributed by atoms with van der Waals surface area (Å²) in [5.74, 6) is 0. The van der Waals surface area contributed by atoms with Crippen molar-refractivity contribution < 1.29 is 0 Å². The van der Waals surface area contributed by atoms with Crippen LogP contribution in [0, 0.1) is 0 Å². The van der Waals surface area contributed by atoms with Crippen LogP contribution in [-0.2, 0) is 12.0 Å². The van der Waals surface area contributed by atoms with Crippen LogP contribution in [0.1, 0.15) is 43.2 Å². The van der Waals surface area contributed by atoms with Gasteiger partial charge < -0.3 is 5.32 Å². The van der Waals surface area contributed by atoms with Crippen LogP contribution in [-0.4, -0.2) is 5.54 Å². The Labute approximate surface area is 139 Å². The summed E-state index contributed by atoms with van der Waals surface area (Å²) in [5.41, 5.74) is 4.78. The fourth-order valence-electron chi connectivity index (χ4n) is 4.64. The summed E-state index contributed by atoms with van der Waals surface area (Å²) >= 11 is 0. The highest BCUT2D eigenvalue weighted by molar-refractivity contribution is 5.41. The van der Waals surface area contributed by atoms with Gasteiger partial charge in [0.15, 0.2) is 0 Å². The molecule has 0 heterocycles. The summed E-state index contributed by atoms with van der Waals surface area (Å²) in [6.45, 7) is 5.47. The molecule has 0 aliphatic heterocycles. The second-order valence-corrected chi connectivity index (χ2v) is 7.35. The Hall–Kier alpha value is -1.86. The van der Waals surface area contributed by atoms with Crippen molar-refractivity contribution in [3.05, 3.63) is 83.9 Å². The Kier molecular flexibility index (Phi) is 3.61. The lowest BCUT2D eigenvalue weighted by atomic mass is 9.53. The Morgan fingerprint density at radius 1 is 0.826 bits per heavy atom. The predicted octanol–water partition coefficient (Wildman–Crippen LogP) is 4.99. The molecule has 3 saturated carbocycles. The molecule has 118 valence electrons. The summed E-state index contributed by atoms with van der Waals surface area (Å²) in [7, 11) is 0. The zero-order valence-electron chi connectivity index (χ0n) is 13.7. The number of hydrogen-bond donors (Lipinski definition) is 1. The molecule has 0 aromatic heterocycles. The molecule has 0 amide bonds. The second kappa shape index (κ2) is 5.65. The van der Waals surface area contributed by atoms with Gasteiger partial charge in [0.1, 0.15) is 0 Å². The van der Waals surface area contributed by atoms with Crippen LogP contribution in [0.3, 0.4) is 0 Å². The number of hydrogen-bond acceptors (Lipinski definition) is 1. The molecule has 0 unspecified atom stereocenters. The van der Waals surface area contributed by atoms with E-state index >= 15 is 0 Å². The first-order chi connectivity index (χ1) is 11.2. The van der Waals surface area contributed by atoms with Gasteiger partial charge in [-0.3, -0.25) is 0 Å². The highest BCUT2D eigenvalue weighted by Gasteiger charge is 2.51. The molecule has 3 fully saturated rings. The number of rotatable bonds is 4. The van der Waals surface area contributed by atoms with Gasteiger partial charge in [-0.2, -0.15) is 0 Å². The third-order valence-corrected chi connectivity index (χ3v) is 6.13. The third-order valence-electron chi connectivity index (χ3n) is 6.13. The van der Waals surface area contributed by atoms with Crippen LogP contribution in [0.25, 0.3) is 0 Å². The van der Waals surface area contributed by atoms with Crippen LogP contribution in [0.4, 0.5) is 0 Å². The van der Waals surface area contributed by atoms with Crippen LogP contribution in [0.5, 0.6) is 0 Å². The van der Waals surface area contributed by atoms with Crippen LogP contribution in [0.2, 0.25) is 0 Å². The van der Waals surface area contributed by atoms with Crippen molar-refractivity contribution in [1.82, 2.24) is 5.32 Å². The maximum atomic E-state index is 4.51. The van der Waals surface area contributed by atoms with E-state index in [1.165, 1.54) is 42.4 Å². The van der Waals surface area contributed by atoms with Gasteiger partial charge in [0.2, 0.25) is 0 Å². The predicted molar refractivity (Wildman–Crippen MR) is 96.4 cm³/mol. The first-order valence-electron chi connectivity index (χ1n) is 8.75. The maximum absolute atomic E-state index is 4.51. The summed E-state index contributed by atoms with van der Waals surface area (Å²) < 4.78 is 0. The van der Waals surface area contributed by atoms with Crippen LogP contribution in [0.15, 0.2) is 72.8 Å². The maximum Gasteiger partial charge on any atom is 0.0222 e. The molecule has 2 aromatic rings. The van der Waals surface area contributed by atoms with E-state index in [4.69, 9.17) is 0 Å². The van der Waals surface area contributed by atoms with E-state index in [1.54, 1.807) is 0 Å². The average Bonchev–Trinajstić information content (AvgIpc) is 2.63. The Morgan fingerprint density at radius 2 is 1.43 bits per heavy atom. The molecule has 1 N–H and O–H groups in total. The zero-order chi connectivity index (χ0) is 15.8. The van der Waals surface area contributed by atoms with E-state index in [-0.39, 0.29) is 11.0 Å². The van der Waals surface area contributed by atoms with Crippen LogP contribution >= 0.6 is 0 Å². The molecule has 0 saturated heterocycles. The molecule has 1 heteroatoms. The highest BCUT2D eigenvalue weighted by Crippen LogP contribution is 2.55. The summed E-state index contributed by atoms with van der Waals surface area (Å²) in [6, 6.07) is 21.8. The van der Waals surface area contributed by atoms with Gasteiger partial charge in [0.05, 0.1) is 0 Å². The van der Waals surface area contributed by atoms with E-state index in [1.807, 2.05) is 0 Å². The van der Waals surface area contributed by atoms with Crippen LogP contribution < -0.4 is 5.32 Å².